The van der Waals surface area contributed by atoms with Crippen LogP contribution in [-0.4, -0.2) is 39.9 Å². The zero-order chi connectivity index (χ0) is 20.1. The lowest BCUT2D eigenvalue weighted by Crippen LogP contribution is -2.29. The van der Waals surface area contributed by atoms with Crippen molar-refractivity contribution in [2.45, 2.75) is 12.8 Å². The van der Waals surface area contributed by atoms with Gasteiger partial charge >= 0.3 is 5.97 Å². The SMILES string of the molecule is COc1cccc(-c2cccc(/C=C3\SC(=S)N(CCCC(=O)O)C3=O)c2)c1. The molecule has 0 aromatic heterocycles. The van der Waals surface area contributed by atoms with Crippen molar-refractivity contribution in [2.24, 2.45) is 0 Å². The first kappa shape index (κ1) is 20.1. The van der Waals surface area contributed by atoms with Gasteiger partial charge in [-0.15, -0.1) is 0 Å². The average Bonchev–Trinajstić information content (AvgIpc) is 2.95. The summed E-state index contributed by atoms with van der Waals surface area (Å²) in [7, 11) is 1.63. The second-order valence-corrected chi connectivity index (χ2v) is 7.86. The van der Waals surface area contributed by atoms with Crippen LogP contribution in [0, 0.1) is 0 Å². The van der Waals surface area contributed by atoms with Gasteiger partial charge in [0.15, 0.2) is 0 Å². The maximum absolute atomic E-state index is 12.6. The molecule has 1 amide bonds. The Morgan fingerprint density at radius 3 is 2.64 bits per heavy atom. The van der Waals surface area contributed by atoms with Crippen molar-refractivity contribution in [2.75, 3.05) is 13.7 Å². The Morgan fingerprint density at radius 2 is 1.93 bits per heavy atom. The molecule has 3 rings (SSSR count). The predicted molar refractivity (Wildman–Crippen MR) is 115 cm³/mol. The van der Waals surface area contributed by atoms with Crippen LogP contribution in [0.3, 0.4) is 0 Å². The lowest BCUT2D eigenvalue weighted by molar-refractivity contribution is -0.137. The van der Waals surface area contributed by atoms with Crippen molar-refractivity contribution in [3.63, 3.8) is 0 Å². The summed E-state index contributed by atoms with van der Waals surface area (Å²) in [6.07, 6.45) is 2.21. The standard InChI is InChI=1S/C21H19NO4S2/c1-26-17-8-3-7-16(13-17)15-6-2-5-14(11-15)12-18-20(25)22(21(27)28-18)10-4-9-19(23)24/h2-3,5-8,11-13H,4,9-10H2,1H3,(H,23,24)/b18-12-. The van der Waals surface area contributed by atoms with Crippen LogP contribution in [0.25, 0.3) is 17.2 Å². The number of carbonyl (C=O) groups is 2. The van der Waals surface area contributed by atoms with E-state index >= 15 is 0 Å². The van der Waals surface area contributed by atoms with E-state index in [2.05, 4.69) is 0 Å². The number of methoxy groups -OCH3 is 1. The molecule has 0 saturated carbocycles. The Bertz CT molecular complexity index is 955. The van der Waals surface area contributed by atoms with Crippen molar-refractivity contribution in [1.82, 2.24) is 4.90 Å². The molecule has 1 aliphatic rings. The van der Waals surface area contributed by atoms with Crippen LogP contribution in [-0.2, 0) is 9.59 Å². The number of hydrogen-bond donors (Lipinski definition) is 1. The molecule has 2 aromatic carbocycles. The predicted octanol–water partition coefficient (Wildman–Crippen LogP) is 4.43. The number of nitrogens with zero attached hydrogens (tertiary/aromatic N) is 1. The van der Waals surface area contributed by atoms with Crippen molar-refractivity contribution in [3.05, 3.63) is 59.0 Å². The molecule has 0 radical (unpaired) electrons. The third-order valence-corrected chi connectivity index (χ3v) is 5.61. The fourth-order valence-corrected chi connectivity index (χ4v) is 4.15. The number of ether oxygens (including phenoxy) is 1. The van der Waals surface area contributed by atoms with Crippen LogP contribution >= 0.6 is 24.0 Å². The van der Waals surface area contributed by atoms with Crippen molar-refractivity contribution in [1.29, 1.82) is 0 Å². The number of carboxylic acid groups (broad SMARTS) is 1. The Hall–Kier alpha value is -2.64. The summed E-state index contributed by atoms with van der Waals surface area (Å²) in [6.45, 7) is 0.318. The van der Waals surface area contributed by atoms with E-state index in [1.54, 1.807) is 7.11 Å². The van der Waals surface area contributed by atoms with Gasteiger partial charge in [0, 0.05) is 13.0 Å². The zero-order valence-corrected chi connectivity index (χ0v) is 16.9. The van der Waals surface area contributed by atoms with Crippen LogP contribution in [0.5, 0.6) is 5.75 Å². The number of carbonyl (C=O) groups excluding carboxylic acids is 1. The molecule has 1 heterocycles. The zero-order valence-electron chi connectivity index (χ0n) is 15.3. The van der Waals surface area contributed by atoms with Crippen molar-refractivity contribution in [3.8, 4) is 16.9 Å². The lowest BCUT2D eigenvalue weighted by atomic mass is 10.0. The number of amides is 1. The molecule has 7 heteroatoms. The highest BCUT2D eigenvalue weighted by atomic mass is 32.2. The van der Waals surface area contributed by atoms with Gasteiger partial charge in [-0.1, -0.05) is 54.3 Å². The van der Waals surface area contributed by atoms with Gasteiger partial charge in [0.1, 0.15) is 10.1 Å². The van der Waals surface area contributed by atoms with E-state index in [0.29, 0.717) is 22.2 Å². The van der Waals surface area contributed by atoms with Crippen LogP contribution in [0.15, 0.2) is 53.4 Å². The Labute approximate surface area is 173 Å². The monoisotopic (exact) mass is 413 g/mol. The molecule has 0 unspecified atom stereocenters. The highest BCUT2D eigenvalue weighted by Gasteiger charge is 2.31. The molecule has 5 nitrogen and oxygen atoms in total. The quantitative estimate of drug-likeness (QED) is 0.535. The number of carboxylic acids is 1. The lowest BCUT2D eigenvalue weighted by Gasteiger charge is -2.13. The summed E-state index contributed by atoms with van der Waals surface area (Å²) in [5.74, 6) is -0.271. The first-order valence-corrected chi connectivity index (χ1v) is 9.92. The highest BCUT2D eigenvalue weighted by molar-refractivity contribution is 8.26. The summed E-state index contributed by atoms with van der Waals surface area (Å²) >= 11 is 6.53. The van der Waals surface area contributed by atoms with E-state index in [9.17, 15) is 9.59 Å². The first-order chi connectivity index (χ1) is 13.5. The van der Waals surface area contributed by atoms with E-state index in [4.69, 9.17) is 22.1 Å². The van der Waals surface area contributed by atoms with Crippen LogP contribution < -0.4 is 4.74 Å². The number of thioether (sulfide) groups is 1. The van der Waals surface area contributed by atoms with Gasteiger partial charge in [0.25, 0.3) is 5.91 Å². The molecule has 28 heavy (non-hydrogen) atoms. The second-order valence-electron chi connectivity index (χ2n) is 6.19. The third kappa shape index (κ3) is 4.79. The van der Waals surface area contributed by atoms with Gasteiger partial charge in [-0.05, 0) is 47.4 Å². The van der Waals surface area contributed by atoms with E-state index < -0.39 is 5.97 Å². The van der Waals surface area contributed by atoms with E-state index in [1.165, 1.54) is 16.7 Å². The largest absolute Gasteiger partial charge is 0.497 e. The molecule has 0 atom stereocenters. The van der Waals surface area contributed by atoms with Gasteiger partial charge in [0.05, 0.1) is 12.0 Å². The van der Waals surface area contributed by atoms with Gasteiger partial charge < -0.3 is 9.84 Å². The smallest absolute Gasteiger partial charge is 0.303 e. The third-order valence-electron chi connectivity index (χ3n) is 4.23. The molecule has 1 saturated heterocycles. The van der Waals surface area contributed by atoms with Gasteiger partial charge in [0.2, 0.25) is 0 Å². The minimum atomic E-state index is -0.879. The van der Waals surface area contributed by atoms with E-state index in [0.717, 1.165) is 22.4 Å². The number of rotatable bonds is 7. The van der Waals surface area contributed by atoms with E-state index in [1.807, 2.05) is 54.6 Å². The Balaban J connectivity index is 1.79. The average molecular weight is 414 g/mol. The summed E-state index contributed by atoms with van der Waals surface area (Å²) in [6, 6.07) is 15.7. The molecule has 0 bridgehead atoms. The summed E-state index contributed by atoms with van der Waals surface area (Å²) < 4.78 is 5.75. The number of benzene rings is 2. The number of aliphatic carboxylic acids is 1. The minimum Gasteiger partial charge on any atom is -0.497 e. The van der Waals surface area contributed by atoms with Crippen LogP contribution in [0.2, 0.25) is 0 Å². The summed E-state index contributed by atoms with van der Waals surface area (Å²) in [5, 5.41) is 8.76. The molecule has 1 fully saturated rings. The normalized spacial score (nSPS) is 15.3. The molecule has 0 spiro atoms. The van der Waals surface area contributed by atoms with Crippen LogP contribution in [0.1, 0.15) is 18.4 Å². The topological polar surface area (TPSA) is 66.8 Å². The number of hydrogen-bond acceptors (Lipinski definition) is 5. The maximum Gasteiger partial charge on any atom is 0.303 e. The van der Waals surface area contributed by atoms with Gasteiger partial charge in [-0.3, -0.25) is 14.5 Å². The number of thiocarbonyl (C=S) groups is 1. The van der Waals surface area contributed by atoms with Crippen LogP contribution in [0.4, 0.5) is 0 Å². The van der Waals surface area contributed by atoms with Gasteiger partial charge in [-0.2, -0.15) is 0 Å². The Morgan fingerprint density at radius 1 is 1.21 bits per heavy atom. The molecule has 1 aliphatic heterocycles. The van der Waals surface area contributed by atoms with Crippen molar-refractivity contribution < 1.29 is 19.4 Å². The van der Waals surface area contributed by atoms with Gasteiger partial charge in [-0.25, -0.2) is 0 Å². The molecular formula is C21H19NO4S2. The summed E-state index contributed by atoms with van der Waals surface area (Å²) in [4.78, 5) is 25.3. The molecule has 144 valence electrons. The molecular weight excluding hydrogens is 394 g/mol. The molecule has 1 N–H and O–H groups in total. The minimum absolute atomic E-state index is 0.0126. The molecule has 2 aromatic rings. The highest BCUT2D eigenvalue weighted by Crippen LogP contribution is 2.33. The molecule has 0 aliphatic carbocycles. The first-order valence-electron chi connectivity index (χ1n) is 8.69. The van der Waals surface area contributed by atoms with E-state index in [-0.39, 0.29) is 12.3 Å². The fourth-order valence-electron chi connectivity index (χ4n) is 2.84. The fraction of sp³-hybridized carbons (Fsp3) is 0.190. The second kappa shape index (κ2) is 9.03. The Kier molecular flexibility index (Phi) is 6.49. The van der Waals surface area contributed by atoms with Crippen molar-refractivity contribution >= 4 is 46.3 Å². The maximum atomic E-state index is 12.6. The summed E-state index contributed by atoms with van der Waals surface area (Å²) in [5.41, 5.74) is 2.94.